The lowest BCUT2D eigenvalue weighted by molar-refractivity contribution is 0.0318. The smallest absolute Gasteiger partial charge is 0.231 e. The molecule has 2 saturated heterocycles. The van der Waals surface area contributed by atoms with Crippen molar-refractivity contribution in [3.05, 3.63) is 35.5 Å². The second kappa shape index (κ2) is 11.6. The van der Waals surface area contributed by atoms with Crippen LogP contribution in [0.15, 0.2) is 30.5 Å². The first-order valence-corrected chi connectivity index (χ1v) is 13.4. The number of aromatic amines is 1. The number of hydrogen-bond acceptors (Lipinski definition) is 8. The van der Waals surface area contributed by atoms with Gasteiger partial charge < -0.3 is 30.5 Å². The predicted molar refractivity (Wildman–Crippen MR) is 151 cm³/mol. The Morgan fingerprint density at radius 2 is 1.95 bits per heavy atom. The van der Waals surface area contributed by atoms with Gasteiger partial charge in [-0.1, -0.05) is 30.4 Å². The van der Waals surface area contributed by atoms with E-state index in [2.05, 4.69) is 73.6 Å². The first kappa shape index (κ1) is 25.6. The fourth-order valence-electron chi connectivity index (χ4n) is 4.93. The Hall–Kier alpha value is -3.03. The molecular formula is C27H35ClN8O. The molecule has 2 aliphatic rings. The molecule has 37 heavy (non-hydrogen) atoms. The molecule has 9 nitrogen and oxygen atoms in total. The maximum Gasteiger partial charge on any atom is 0.231 e. The molecule has 1 aromatic carbocycles. The van der Waals surface area contributed by atoms with Crippen LogP contribution < -0.4 is 15.5 Å². The van der Waals surface area contributed by atoms with Gasteiger partial charge >= 0.3 is 0 Å². The molecule has 5 rings (SSSR count). The topological polar surface area (TPSA) is 95.6 Å². The van der Waals surface area contributed by atoms with Crippen molar-refractivity contribution >= 4 is 45.8 Å². The summed E-state index contributed by atoms with van der Waals surface area (Å²) in [7, 11) is 2.16. The van der Waals surface area contributed by atoms with E-state index in [0.717, 1.165) is 63.1 Å². The van der Waals surface area contributed by atoms with Crippen molar-refractivity contribution in [2.45, 2.75) is 38.5 Å². The summed E-state index contributed by atoms with van der Waals surface area (Å²) >= 11 is 6.50. The number of hydrogen-bond donors (Lipinski definition) is 4. The number of anilines is 4. The molecule has 2 aromatic heterocycles. The average Bonchev–Trinajstić information content (AvgIpc) is 3.29. The van der Waals surface area contributed by atoms with E-state index in [-0.39, 0.29) is 6.04 Å². The lowest BCUT2D eigenvalue weighted by atomic mass is 10.1. The molecule has 2 fully saturated rings. The highest BCUT2D eigenvalue weighted by molar-refractivity contribution is 6.36. The Bertz CT molecular complexity index is 1260. The largest absolute Gasteiger partial charge is 0.369 e. The molecule has 0 bridgehead atoms. The third kappa shape index (κ3) is 6.11. The van der Waals surface area contributed by atoms with E-state index < -0.39 is 6.23 Å². The van der Waals surface area contributed by atoms with Crippen LogP contribution in [0.4, 0.5) is 23.1 Å². The van der Waals surface area contributed by atoms with E-state index in [1.54, 1.807) is 6.20 Å². The zero-order valence-electron chi connectivity index (χ0n) is 21.5. The fraction of sp³-hybridized carbons (Fsp3) is 0.481. The number of halogens is 1. The van der Waals surface area contributed by atoms with Crippen LogP contribution in [-0.2, 0) is 0 Å². The highest BCUT2D eigenvalue weighted by Gasteiger charge is 2.25. The number of aromatic nitrogens is 3. The molecular weight excluding hydrogens is 488 g/mol. The first-order valence-electron chi connectivity index (χ1n) is 13.0. The van der Waals surface area contributed by atoms with E-state index in [4.69, 9.17) is 16.6 Å². The lowest BCUT2D eigenvalue weighted by Gasteiger charge is -2.34. The monoisotopic (exact) mass is 522 g/mol. The van der Waals surface area contributed by atoms with Gasteiger partial charge in [0.15, 0.2) is 6.23 Å². The summed E-state index contributed by atoms with van der Waals surface area (Å²) in [5.74, 6) is 7.06. The molecule has 0 radical (unpaired) electrons. The number of likely N-dealkylation sites (tertiary alicyclic amines) is 1. The van der Waals surface area contributed by atoms with Crippen molar-refractivity contribution in [1.29, 1.82) is 0 Å². The van der Waals surface area contributed by atoms with Gasteiger partial charge in [0.2, 0.25) is 5.95 Å². The van der Waals surface area contributed by atoms with Gasteiger partial charge in [-0.25, -0.2) is 0 Å². The normalized spacial score (nSPS) is 19.9. The Morgan fingerprint density at radius 3 is 2.70 bits per heavy atom. The number of rotatable bonds is 6. The number of aliphatic hydroxyl groups excluding tert-OH is 1. The standard InChI is InChI=1S/C27H35ClN8O/c1-3-4-7-23(37)36-12-5-6-20(18-36)30-26-24-22(28)17-29-25(24)32-27(33-26)31-19-8-10-21(11-9-19)35-15-13-34(2)14-16-35/h8-11,17,20,23,37H,3,5-6,12-16,18H2,1-2H3,(H3,29,30,31,32,33). The highest BCUT2D eigenvalue weighted by atomic mass is 35.5. The number of piperidine rings is 1. The first-order chi connectivity index (χ1) is 18.0. The van der Waals surface area contributed by atoms with Crippen LogP contribution in [0.1, 0.15) is 26.2 Å². The fourth-order valence-corrected chi connectivity index (χ4v) is 5.16. The maximum atomic E-state index is 10.5. The van der Waals surface area contributed by atoms with Crippen molar-refractivity contribution in [3.63, 3.8) is 0 Å². The van der Waals surface area contributed by atoms with Gasteiger partial charge in [-0.05, 0) is 44.2 Å². The molecule has 0 saturated carbocycles. The molecule has 196 valence electrons. The minimum absolute atomic E-state index is 0.103. The predicted octanol–water partition coefficient (Wildman–Crippen LogP) is 3.71. The molecule has 10 heteroatoms. The minimum Gasteiger partial charge on any atom is -0.369 e. The van der Waals surface area contributed by atoms with Crippen LogP contribution in [0, 0.1) is 11.8 Å². The summed E-state index contributed by atoms with van der Waals surface area (Å²) in [5, 5.41) is 18.7. The number of piperazine rings is 1. The number of nitrogens with one attached hydrogen (secondary N) is 3. The summed E-state index contributed by atoms with van der Waals surface area (Å²) in [5.41, 5.74) is 2.81. The van der Waals surface area contributed by atoms with Crippen LogP contribution in [-0.4, -0.2) is 88.4 Å². The summed E-state index contributed by atoms with van der Waals surface area (Å²) < 4.78 is 0. The zero-order valence-corrected chi connectivity index (χ0v) is 22.2. The van der Waals surface area contributed by atoms with E-state index in [1.807, 2.05) is 11.8 Å². The SMILES string of the molecule is CCC#CC(O)N1CCCC(Nc2nc(Nc3ccc(N4CCN(C)CC4)cc3)nc3[nH]cc(Cl)c23)C1. The van der Waals surface area contributed by atoms with Gasteiger partial charge in [-0.15, -0.1) is 0 Å². The lowest BCUT2D eigenvalue weighted by Crippen LogP contribution is -2.46. The highest BCUT2D eigenvalue weighted by Crippen LogP contribution is 2.31. The number of benzene rings is 1. The molecule has 2 aliphatic heterocycles. The van der Waals surface area contributed by atoms with Crippen molar-refractivity contribution in [2.24, 2.45) is 0 Å². The van der Waals surface area contributed by atoms with Crippen LogP contribution in [0.25, 0.3) is 11.0 Å². The molecule has 2 atom stereocenters. The second-order valence-corrected chi connectivity index (χ2v) is 10.2. The molecule has 0 amide bonds. The van der Waals surface area contributed by atoms with Gasteiger partial charge in [0.1, 0.15) is 11.5 Å². The maximum absolute atomic E-state index is 10.5. The second-order valence-electron chi connectivity index (χ2n) is 9.75. The van der Waals surface area contributed by atoms with Crippen LogP contribution in [0.2, 0.25) is 5.02 Å². The van der Waals surface area contributed by atoms with E-state index in [9.17, 15) is 5.11 Å². The van der Waals surface area contributed by atoms with E-state index in [1.165, 1.54) is 5.69 Å². The number of H-pyrrole nitrogens is 1. The van der Waals surface area contributed by atoms with Crippen molar-refractivity contribution in [2.75, 3.05) is 61.8 Å². The van der Waals surface area contributed by atoms with Crippen molar-refractivity contribution in [3.8, 4) is 11.8 Å². The summed E-state index contributed by atoms with van der Waals surface area (Å²) in [6, 6.07) is 8.51. The number of likely N-dealkylation sites (N-methyl/N-ethyl adjacent to an activating group) is 1. The third-order valence-corrected chi connectivity index (χ3v) is 7.32. The van der Waals surface area contributed by atoms with Crippen LogP contribution >= 0.6 is 11.6 Å². The number of nitrogens with zero attached hydrogens (tertiary/aromatic N) is 5. The number of aliphatic hydroxyl groups is 1. The Kier molecular flexibility index (Phi) is 8.01. The summed E-state index contributed by atoms with van der Waals surface area (Å²) in [6.07, 6.45) is 3.64. The van der Waals surface area contributed by atoms with Crippen molar-refractivity contribution < 1.29 is 5.11 Å². The Balaban J connectivity index is 1.32. The van der Waals surface area contributed by atoms with Crippen LogP contribution in [0.5, 0.6) is 0 Å². The molecule has 4 N–H and O–H groups in total. The minimum atomic E-state index is -0.753. The van der Waals surface area contributed by atoms with E-state index in [0.29, 0.717) is 29.0 Å². The molecule has 2 unspecified atom stereocenters. The third-order valence-electron chi connectivity index (χ3n) is 7.02. The summed E-state index contributed by atoms with van der Waals surface area (Å²) in [4.78, 5) is 19.4. The molecule has 0 spiro atoms. The Morgan fingerprint density at radius 1 is 1.16 bits per heavy atom. The van der Waals surface area contributed by atoms with Gasteiger partial charge in [-0.2, -0.15) is 9.97 Å². The Labute approximate surface area is 223 Å². The average molecular weight is 523 g/mol. The molecule has 4 heterocycles. The van der Waals surface area contributed by atoms with Crippen LogP contribution in [0.3, 0.4) is 0 Å². The quantitative estimate of drug-likeness (QED) is 0.364. The van der Waals surface area contributed by atoms with Crippen molar-refractivity contribution in [1.82, 2.24) is 24.8 Å². The molecule has 3 aromatic rings. The number of fused-ring (bicyclic) bond motifs is 1. The van der Waals surface area contributed by atoms with Gasteiger partial charge in [-0.3, -0.25) is 4.90 Å². The zero-order chi connectivity index (χ0) is 25.8. The molecule has 0 aliphatic carbocycles. The van der Waals surface area contributed by atoms with Gasteiger partial charge in [0.25, 0.3) is 0 Å². The van der Waals surface area contributed by atoms with E-state index >= 15 is 0 Å². The van der Waals surface area contributed by atoms with Gasteiger partial charge in [0, 0.05) is 69.3 Å². The summed E-state index contributed by atoms with van der Waals surface area (Å²) in [6.45, 7) is 7.69. The van der Waals surface area contributed by atoms with Gasteiger partial charge in [0.05, 0.1) is 10.4 Å².